The topological polar surface area (TPSA) is 0 Å². The average Bonchev–Trinajstić information content (AvgIpc) is 2.46. The Labute approximate surface area is 121 Å². The number of rotatable bonds is 2. The van der Waals surface area contributed by atoms with Crippen LogP contribution in [0.4, 0.5) is 0 Å². The van der Waals surface area contributed by atoms with E-state index in [0.29, 0.717) is 0 Å². The molecule has 1 aliphatic heterocycles. The molecule has 1 heteroatoms. The van der Waals surface area contributed by atoms with E-state index in [1.807, 2.05) is 0 Å². The predicted molar refractivity (Wildman–Crippen MR) is 87.5 cm³/mol. The van der Waals surface area contributed by atoms with Crippen LogP contribution in [0, 0.1) is 0 Å². The highest BCUT2D eigenvalue weighted by atomic mass is 15.3. The van der Waals surface area contributed by atoms with Gasteiger partial charge in [-0.1, -0.05) is 54.6 Å². The van der Waals surface area contributed by atoms with Crippen molar-refractivity contribution in [2.75, 3.05) is 27.2 Å². The number of benzene rings is 2. The minimum atomic E-state index is 1.10. The Hall–Kier alpha value is -1.86. The molecule has 2 aromatic rings. The fourth-order valence-electron chi connectivity index (χ4n) is 2.73. The fourth-order valence-corrected chi connectivity index (χ4v) is 2.73. The van der Waals surface area contributed by atoms with Crippen molar-refractivity contribution in [2.45, 2.75) is 6.42 Å². The van der Waals surface area contributed by atoms with Crippen LogP contribution in [-0.2, 0) is 0 Å². The quantitative estimate of drug-likeness (QED) is 0.711. The van der Waals surface area contributed by atoms with Crippen molar-refractivity contribution < 1.29 is 4.48 Å². The van der Waals surface area contributed by atoms with Crippen LogP contribution in [0.25, 0.3) is 16.8 Å². The van der Waals surface area contributed by atoms with Gasteiger partial charge >= 0.3 is 0 Å². The van der Waals surface area contributed by atoms with E-state index >= 15 is 0 Å². The summed E-state index contributed by atoms with van der Waals surface area (Å²) >= 11 is 0. The van der Waals surface area contributed by atoms with Gasteiger partial charge < -0.3 is 4.48 Å². The molecule has 0 saturated carbocycles. The number of nitrogens with zero attached hydrogens (tertiary/aromatic N) is 1. The smallest absolute Gasteiger partial charge is 0.0975 e. The normalized spacial score (nSPS) is 18.4. The van der Waals surface area contributed by atoms with Crippen molar-refractivity contribution in [3.63, 3.8) is 0 Å². The summed E-state index contributed by atoms with van der Waals surface area (Å²) in [4.78, 5) is 0. The molecule has 0 bridgehead atoms. The Bertz CT molecular complexity index is 672. The van der Waals surface area contributed by atoms with Crippen LogP contribution in [-0.4, -0.2) is 31.7 Å². The molecule has 1 aliphatic rings. The molecule has 0 radical (unpaired) electrons. The number of hydrogen-bond acceptors (Lipinski definition) is 0. The largest absolute Gasteiger partial charge is 0.325 e. The molecule has 0 saturated heterocycles. The second-order valence-corrected chi connectivity index (χ2v) is 6.27. The summed E-state index contributed by atoms with van der Waals surface area (Å²) in [5.74, 6) is 0. The molecule has 0 N–H and O–H groups in total. The zero-order chi connectivity index (χ0) is 14.0. The Balaban J connectivity index is 1.87. The lowest BCUT2D eigenvalue weighted by Gasteiger charge is -2.32. The maximum atomic E-state index is 2.38. The zero-order valence-corrected chi connectivity index (χ0v) is 12.3. The third-order valence-corrected chi connectivity index (χ3v) is 4.15. The van der Waals surface area contributed by atoms with Gasteiger partial charge in [0.05, 0.1) is 27.2 Å². The van der Waals surface area contributed by atoms with Gasteiger partial charge in [0, 0.05) is 6.42 Å². The summed E-state index contributed by atoms with van der Waals surface area (Å²) in [5.41, 5.74) is 2.78. The van der Waals surface area contributed by atoms with Crippen molar-refractivity contribution in [3.8, 4) is 0 Å². The van der Waals surface area contributed by atoms with Gasteiger partial charge in [0.25, 0.3) is 0 Å². The standard InChI is InChI=1S/C19H22N/c1-20(2)14-12-16(13-15-20)10-11-18-8-5-7-17-6-3-4-9-19(17)18/h3-12H,13-15H2,1-2H3/q+1/b11-10+. The van der Waals surface area contributed by atoms with E-state index < -0.39 is 0 Å². The van der Waals surface area contributed by atoms with E-state index in [4.69, 9.17) is 0 Å². The first-order valence-electron chi connectivity index (χ1n) is 7.31. The van der Waals surface area contributed by atoms with E-state index in [2.05, 4.69) is 74.8 Å². The minimum absolute atomic E-state index is 1.10. The molecule has 2 aromatic carbocycles. The van der Waals surface area contributed by atoms with Gasteiger partial charge in [-0.05, 0) is 28.0 Å². The monoisotopic (exact) mass is 264 g/mol. The zero-order valence-electron chi connectivity index (χ0n) is 12.3. The van der Waals surface area contributed by atoms with Crippen LogP contribution in [0.5, 0.6) is 0 Å². The molecule has 102 valence electrons. The van der Waals surface area contributed by atoms with Gasteiger partial charge in [-0.15, -0.1) is 0 Å². The van der Waals surface area contributed by atoms with E-state index in [9.17, 15) is 0 Å². The SMILES string of the molecule is C[N+]1(C)CC=C(/C=C/c2cccc3ccccc23)CC1. The molecule has 0 spiro atoms. The minimum Gasteiger partial charge on any atom is -0.325 e. The van der Waals surface area contributed by atoms with Crippen molar-refractivity contribution in [1.29, 1.82) is 0 Å². The van der Waals surface area contributed by atoms with Crippen LogP contribution in [0.3, 0.4) is 0 Å². The molecule has 3 rings (SSSR count). The third-order valence-electron chi connectivity index (χ3n) is 4.15. The highest BCUT2D eigenvalue weighted by molar-refractivity contribution is 5.90. The second kappa shape index (κ2) is 5.26. The lowest BCUT2D eigenvalue weighted by molar-refractivity contribution is -0.885. The summed E-state index contributed by atoms with van der Waals surface area (Å²) in [6.07, 6.45) is 8.11. The molecule has 0 atom stereocenters. The van der Waals surface area contributed by atoms with Crippen LogP contribution in [0.1, 0.15) is 12.0 Å². The van der Waals surface area contributed by atoms with E-state index in [1.54, 1.807) is 0 Å². The first-order valence-corrected chi connectivity index (χ1v) is 7.31. The number of likely N-dealkylation sites (N-methyl/N-ethyl adjacent to an activating group) is 1. The number of quaternary nitrogens is 1. The van der Waals surface area contributed by atoms with Crippen molar-refractivity contribution in [1.82, 2.24) is 0 Å². The van der Waals surface area contributed by atoms with Crippen LogP contribution in [0.15, 0.2) is 60.2 Å². The van der Waals surface area contributed by atoms with Gasteiger partial charge in [-0.25, -0.2) is 0 Å². The highest BCUT2D eigenvalue weighted by Crippen LogP contribution is 2.21. The van der Waals surface area contributed by atoms with Gasteiger partial charge in [-0.2, -0.15) is 0 Å². The summed E-state index contributed by atoms with van der Waals surface area (Å²) < 4.78 is 1.10. The van der Waals surface area contributed by atoms with Gasteiger partial charge in [-0.3, -0.25) is 0 Å². The van der Waals surface area contributed by atoms with Gasteiger partial charge in [0.15, 0.2) is 0 Å². The molecule has 1 heterocycles. The third kappa shape index (κ3) is 2.83. The van der Waals surface area contributed by atoms with E-state index in [0.717, 1.165) is 11.0 Å². The Morgan fingerprint density at radius 2 is 1.75 bits per heavy atom. The molecular weight excluding hydrogens is 242 g/mol. The molecule has 0 aliphatic carbocycles. The average molecular weight is 264 g/mol. The van der Waals surface area contributed by atoms with Crippen molar-refractivity contribution in [2.24, 2.45) is 0 Å². The predicted octanol–water partition coefficient (Wildman–Crippen LogP) is 4.26. The fraction of sp³-hybridized carbons (Fsp3) is 0.263. The Morgan fingerprint density at radius 1 is 0.950 bits per heavy atom. The van der Waals surface area contributed by atoms with Crippen LogP contribution < -0.4 is 0 Å². The van der Waals surface area contributed by atoms with Crippen LogP contribution >= 0.6 is 0 Å². The molecular formula is C19H22N+. The first-order chi connectivity index (χ1) is 9.64. The summed E-state index contributed by atoms with van der Waals surface area (Å²) in [7, 11) is 4.59. The molecule has 0 amide bonds. The van der Waals surface area contributed by atoms with Crippen molar-refractivity contribution >= 4 is 16.8 Å². The summed E-state index contributed by atoms with van der Waals surface area (Å²) in [5, 5.41) is 2.64. The second-order valence-electron chi connectivity index (χ2n) is 6.27. The van der Waals surface area contributed by atoms with E-state index in [-0.39, 0.29) is 0 Å². The highest BCUT2D eigenvalue weighted by Gasteiger charge is 2.17. The van der Waals surface area contributed by atoms with Gasteiger partial charge in [0.1, 0.15) is 0 Å². The summed E-state index contributed by atoms with van der Waals surface area (Å²) in [6.45, 7) is 2.36. The maximum absolute atomic E-state index is 2.38. The van der Waals surface area contributed by atoms with Crippen molar-refractivity contribution in [3.05, 3.63) is 65.8 Å². The lowest BCUT2D eigenvalue weighted by atomic mass is 10.0. The van der Waals surface area contributed by atoms with Crippen LogP contribution in [0.2, 0.25) is 0 Å². The molecule has 20 heavy (non-hydrogen) atoms. The summed E-state index contributed by atoms with van der Waals surface area (Å²) in [6, 6.07) is 15.1. The molecule has 0 aromatic heterocycles. The number of hydrogen-bond donors (Lipinski definition) is 0. The lowest BCUT2D eigenvalue weighted by Crippen LogP contribution is -2.42. The number of allylic oxidation sites excluding steroid dienone is 1. The Kier molecular flexibility index (Phi) is 3.45. The molecule has 0 unspecified atom stereocenters. The molecule has 1 nitrogen and oxygen atoms in total. The number of fused-ring (bicyclic) bond motifs is 1. The maximum Gasteiger partial charge on any atom is 0.0975 e. The Morgan fingerprint density at radius 3 is 2.55 bits per heavy atom. The first kappa shape index (κ1) is 13.1. The molecule has 0 fully saturated rings. The van der Waals surface area contributed by atoms with E-state index in [1.165, 1.54) is 34.9 Å². The van der Waals surface area contributed by atoms with Gasteiger partial charge in [0.2, 0.25) is 0 Å².